The van der Waals surface area contributed by atoms with E-state index < -0.39 is 0 Å². The summed E-state index contributed by atoms with van der Waals surface area (Å²) in [5.41, 5.74) is 0. The van der Waals surface area contributed by atoms with Gasteiger partial charge in [-0.15, -0.1) is 0 Å². The molecule has 0 aromatic heterocycles. The number of hydrogen-bond donors (Lipinski definition) is 0. The Balaban J connectivity index is 2.23. The van der Waals surface area contributed by atoms with Gasteiger partial charge in [0.2, 0.25) is 0 Å². The van der Waals surface area contributed by atoms with Gasteiger partial charge in [-0.3, -0.25) is 4.99 Å². The highest BCUT2D eigenvalue weighted by atomic mass is 16.5. The molecule has 1 aliphatic heterocycles. The van der Waals surface area contributed by atoms with Crippen LogP contribution in [0.5, 0.6) is 0 Å². The van der Waals surface area contributed by atoms with Crippen molar-refractivity contribution < 1.29 is 4.74 Å². The van der Waals surface area contributed by atoms with Gasteiger partial charge < -0.3 is 4.74 Å². The molecule has 1 aliphatic rings. The van der Waals surface area contributed by atoms with Crippen LogP contribution >= 0.6 is 0 Å². The molecular formula is C9H17NO. The molecule has 64 valence electrons. The van der Waals surface area contributed by atoms with Gasteiger partial charge in [0.15, 0.2) is 5.90 Å². The predicted octanol–water partition coefficient (Wildman–Crippen LogP) is 2.24. The fourth-order valence-corrected chi connectivity index (χ4v) is 1.28. The fraction of sp³-hybridized carbons (Fsp3) is 0.889. The first-order valence-corrected chi connectivity index (χ1v) is 4.51. The topological polar surface area (TPSA) is 21.6 Å². The van der Waals surface area contributed by atoms with Crippen molar-refractivity contribution >= 4 is 5.90 Å². The van der Waals surface area contributed by atoms with E-state index >= 15 is 0 Å². The molecule has 0 bridgehead atoms. The quantitative estimate of drug-likeness (QED) is 0.610. The highest BCUT2D eigenvalue weighted by molar-refractivity contribution is 5.79. The average Bonchev–Trinajstić information content (AvgIpc) is 2.52. The van der Waals surface area contributed by atoms with E-state index in [0.29, 0.717) is 5.92 Å². The minimum Gasteiger partial charge on any atom is -0.479 e. The molecule has 1 heterocycles. The molecule has 11 heavy (non-hydrogen) atoms. The summed E-state index contributed by atoms with van der Waals surface area (Å²) >= 11 is 0. The van der Waals surface area contributed by atoms with Crippen LogP contribution in [0.3, 0.4) is 0 Å². The molecule has 0 aliphatic carbocycles. The van der Waals surface area contributed by atoms with Crippen LogP contribution in [-0.2, 0) is 4.74 Å². The summed E-state index contributed by atoms with van der Waals surface area (Å²) in [5, 5.41) is 0. The maximum absolute atomic E-state index is 5.36. The third kappa shape index (κ3) is 2.52. The molecule has 0 N–H and O–H groups in total. The zero-order valence-corrected chi connectivity index (χ0v) is 7.47. The summed E-state index contributed by atoms with van der Waals surface area (Å²) in [7, 11) is 0. The van der Waals surface area contributed by atoms with Gasteiger partial charge in [-0.05, 0) is 6.42 Å². The lowest BCUT2D eigenvalue weighted by Crippen LogP contribution is -2.10. The second kappa shape index (κ2) is 4.37. The van der Waals surface area contributed by atoms with E-state index in [-0.39, 0.29) is 0 Å². The number of unbranched alkanes of at least 4 members (excludes halogenated alkanes) is 1. The molecule has 1 atom stereocenters. The second-order valence-corrected chi connectivity index (χ2v) is 3.11. The van der Waals surface area contributed by atoms with Gasteiger partial charge in [0.1, 0.15) is 6.61 Å². The van der Waals surface area contributed by atoms with E-state index in [4.69, 9.17) is 4.74 Å². The predicted molar refractivity (Wildman–Crippen MR) is 46.9 cm³/mol. The van der Waals surface area contributed by atoms with E-state index in [1.54, 1.807) is 0 Å². The monoisotopic (exact) mass is 155 g/mol. The number of hydrogen-bond acceptors (Lipinski definition) is 2. The lowest BCUT2D eigenvalue weighted by atomic mass is 10.0. The Bertz CT molecular complexity index is 142. The number of rotatable bonds is 4. The maximum atomic E-state index is 5.36. The van der Waals surface area contributed by atoms with E-state index in [0.717, 1.165) is 19.0 Å². The summed E-state index contributed by atoms with van der Waals surface area (Å²) < 4.78 is 5.36. The zero-order chi connectivity index (χ0) is 8.10. The molecule has 1 unspecified atom stereocenters. The highest BCUT2D eigenvalue weighted by Crippen LogP contribution is 2.13. The molecule has 0 radical (unpaired) electrons. The van der Waals surface area contributed by atoms with E-state index in [1.807, 2.05) is 0 Å². The largest absolute Gasteiger partial charge is 0.479 e. The zero-order valence-electron chi connectivity index (χ0n) is 7.47. The van der Waals surface area contributed by atoms with Crippen molar-refractivity contribution in [2.24, 2.45) is 10.9 Å². The lowest BCUT2D eigenvalue weighted by Gasteiger charge is -2.09. The second-order valence-electron chi connectivity index (χ2n) is 3.11. The van der Waals surface area contributed by atoms with Crippen LogP contribution in [0.25, 0.3) is 0 Å². The van der Waals surface area contributed by atoms with Crippen molar-refractivity contribution in [1.29, 1.82) is 0 Å². The molecule has 0 fully saturated rings. The Kier molecular flexibility index (Phi) is 3.40. The van der Waals surface area contributed by atoms with E-state index in [2.05, 4.69) is 18.8 Å². The number of ether oxygens (including phenoxy) is 1. The van der Waals surface area contributed by atoms with Gasteiger partial charge in [-0.25, -0.2) is 0 Å². The van der Waals surface area contributed by atoms with Gasteiger partial charge in [-0.2, -0.15) is 0 Å². The van der Waals surface area contributed by atoms with Crippen LogP contribution < -0.4 is 0 Å². The van der Waals surface area contributed by atoms with Crippen molar-refractivity contribution in [2.75, 3.05) is 13.2 Å². The molecular weight excluding hydrogens is 138 g/mol. The molecule has 2 heteroatoms. The standard InChI is InChI=1S/C9H17NO/c1-3-4-5-8(2)9-10-6-7-11-9/h8H,3-7H2,1-2H3. The summed E-state index contributed by atoms with van der Waals surface area (Å²) in [4.78, 5) is 4.28. The average molecular weight is 155 g/mol. The number of nitrogens with zero attached hydrogens (tertiary/aromatic N) is 1. The minimum atomic E-state index is 0.539. The Morgan fingerprint density at radius 1 is 1.64 bits per heavy atom. The van der Waals surface area contributed by atoms with Gasteiger partial charge in [0.05, 0.1) is 6.54 Å². The lowest BCUT2D eigenvalue weighted by molar-refractivity contribution is 0.321. The van der Waals surface area contributed by atoms with Gasteiger partial charge in [0, 0.05) is 5.92 Å². The summed E-state index contributed by atoms with van der Waals surface area (Å²) in [5.74, 6) is 1.52. The Hall–Kier alpha value is -0.530. The molecule has 0 aromatic carbocycles. The van der Waals surface area contributed by atoms with Crippen molar-refractivity contribution in [2.45, 2.75) is 33.1 Å². The minimum absolute atomic E-state index is 0.539. The molecule has 0 saturated heterocycles. The van der Waals surface area contributed by atoms with Crippen LogP contribution in [0, 0.1) is 5.92 Å². The van der Waals surface area contributed by atoms with Gasteiger partial charge in [0.25, 0.3) is 0 Å². The van der Waals surface area contributed by atoms with Crippen molar-refractivity contribution in [3.63, 3.8) is 0 Å². The van der Waals surface area contributed by atoms with Crippen LogP contribution in [0.1, 0.15) is 33.1 Å². The third-order valence-electron chi connectivity index (χ3n) is 2.02. The summed E-state index contributed by atoms with van der Waals surface area (Å²) in [6, 6.07) is 0. The Morgan fingerprint density at radius 2 is 2.45 bits per heavy atom. The van der Waals surface area contributed by atoms with E-state index in [1.165, 1.54) is 19.3 Å². The summed E-state index contributed by atoms with van der Waals surface area (Å²) in [6.45, 7) is 6.07. The van der Waals surface area contributed by atoms with Gasteiger partial charge in [-0.1, -0.05) is 26.7 Å². The highest BCUT2D eigenvalue weighted by Gasteiger charge is 2.14. The first-order valence-electron chi connectivity index (χ1n) is 4.51. The Morgan fingerprint density at radius 3 is 3.00 bits per heavy atom. The molecule has 0 saturated carbocycles. The van der Waals surface area contributed by atoms with Crippen molar-refractivity contribution in [3.8, 4) is 0 Å². The van der Waals surface area contributed by atoms with E-state index in [9.17, 15) is 0 Å². The van der Waals surface area contributed by atoms with Crippen LogP contribution in [0.4, 0.5) is 0 Å². The molecule has 0 spiro atoms. The first-order chi connectivity index (χ1) is 5.34. The summed E-state index contributed by atoms with van der Waals surface area (Å²) in [6.07, 6.45) is 3.76. The Labute approximate surface area is 68.7 Å². The molecule has 1 rings (SSSR count). The smallest absolute Gasteiger partial charge is 0.186 e. The molecule has 2 nitrogen and oxygen atoms in total. The number of aliphatic imine (C=N–C) groups is 1. The normalized spacial score (nSPS) is 19.3. The molecule has 0 aromatic rings. The van der Waals surface area contributed by atoms with Crippen molar-refractivity contribution in [3.05, 3.63) is 0 Å². The van der Waals surface area contributed by atoms with Crippen LogP contribution in [0.2, 0.25) is 0 Å². The molecule has 0 amide bonds. The van der Waals surface area contributed by atoms with Crippen LogP contribution in [0.15, 0.2) is 4.99 Å². The van der Waals surface area contributed by atoms with Crippen molar-refractivity contribution in [1.82, 2.24) is 0 Å². The van der Waals surface area contributed by atoms with Gasteiger partial charge >= 0.3 is 0 Å². The maximum Gasteiger partial charge on any atom is 0.186 e. The third-order valence-corrected chi connectivity index (χ3v) is 2.02. The fourth-order valence-electron chi connectivity index (χ4n) is 1.28. The van der Waals surface area contributed by atoms with Crippen LogP contribution in [-0.4, -0.2) is 19.0 Å². The SMILES string of the molecule is CCCCC(C)C1=NCCO1. The first kappa shape index (κ1) is 8.57.